The average Bonchev–Trinajstić information content (AvgIpc) is 3.36. The van der Waals surface area contributed by atoms with Crippen LogP contribution in [0, 0.1) is 0 Å². The number of hydrogen-bond acceptors (Lipinski definition) is 9. The number of oxime groups is 1. The fourth-order valence-electron chi connectivity index (χ4n) is 5.45. The molecular weight excluding hydrogens is 600 g/mol. The van der Waals surface area contributed by atoms with Gasteiger partial charge in [0.25, 0.3) is 0 Å². The Balaban J connectivity index is 1.75. The zero-order valence-corrected chi connectivity index (χ0v) is 27.3. The first-order valence-electron chi connectivity index (χ1n) is 16.0. The molecule has 0 unspecified atom stereocenters. The Bertz CT molecular complexity index is 1820. The Morgan fingerprint density at radius 2 is 1.34 bits per heavy atom. The van der Waals surface area contributed by atoms with Crippen molar-refractivity contribution in [2.75, 3.05) is 6.61 Å². The molecule has 0 bridgehead atoms. The minimum Gasteiger partial charge on any atom is -0.466 e. The van der Waals surface area contributed by atoms with Gasteiger partial charge in [0, 0.05) is 65.3 Å². The minimum absolute atomic E-state index is 0.168. The van der Waals surface area contributed by atoms with E-state index in [-0.39, 0.29) is 29.7 Å². The minimum atomic E-state index is -0.608. The molecule has 3 aromatic carbocycles. The number of ketones is 2. The number of benzene rings is 3. The van der Waals surface area contributed by atoms with Crippen molar-refractivity contribution >= 4 is 57.0 Å². The van der Waals surface area contributed by atoms with Gasteiger partial charge in [-0.05, 0) is 86.8 Å². The molecule has 0 aliphatic carbocycles. The van der Waals surface area contributed by atoms with Crippen LogP contribution in [0.5, 0.6) is 5.75 Å². The Kier molecular flexibility index (Phi) is 12.2. The van der Waals surface area contributed by atoms with E-state index < -0.39 is 11.9 Å². The molecule has 246 valence electrons. The smallest absolute Gasteiger partial charge is 0.331 e. The molecule has 0 fully saturated rings. The summed E-state index contributed by atoms with van der Waals surface area (Å²) in [6.07, 6.45) is 4.86. The summed E-state index contributed by atoms with van der Waals surface area (Å²) in [6, 6.07) is 17.1. The number of nitrogens with zero attached hydrogens (tertiary/aromatic N) is 2. The molecule has 0 spiro atoms. The van der Waals surface area contributed by atoms with Crippen LogP contribution < -0.4 is 4.74 Å². The number of ether oxygens (including phenoxy) is 2. The predicted octanol–water partition coefficient (Wildman–Crippen LogP) is 7.37. The number of aromatic nitrogens is 1. The molecule has 0 aliphatic rings. The second-order valence-corrected chi connectivity index (χ2v) is 11.2. The molecule has 1 heterocycles. The van der Waals surface area contributed by atoms with E-state index in [1.165, 1.54) is 13.8 Å². The van der Waals surface area contributed by atoms with E-state index in [1.807, 2.05) is 12.1 Å². The van der Waals surface area contributed by atoms with Crippen molar-refractivity contribution in [2.45, 2.75) is 79.2 Å². The van der Waals surface area contributed by atoms with Gasteiger partial charge in [-0.15, -0.1) is 0 Å². The number of rotatable bonds is 16. The number of fused-ring (bicyclic) bond motifs is 3. The zero-order valence-electron chi connectivity index (χ0n) is 27.3. The molecule has 0 aliphatic heterocycles. The molecular formula is C37H40N2O8. The van der Waals surface area contributed by atoms with Crippen molar-refractivity contribution in [3.8, 4) is 5.75 Å². The third-order valence-corrected chi connectivity index (χ3v) is 7.65. The first-order valence-corrected chi connectivity index (χ1v) is 16.0. The molecule has 0 atom stereocenters. The first-order chi connectivity index (χ1) is 22.6. The normalized spacial score (nSPS) is 11.4. The van der Waals surface area contributed by atoms with Gasteiger partial charge in [-0.3, -0.25) is 19.2 Å². The van der Waals surface area contributed by atoms with Gasteiger partial charge in [0.2, 0.25) is 5.78 Å². The van der Waals surface area contributed by atoms with E-state index in [4.69, 9.17) is 14.3 Å². The number of aryl methyl sites for hydroxylation is 1. The highest BCUT2D eigenvalue weighted by atomic mass is 16.7. The van der Waals surface area contributed by atoms with Gasteiger partial charge < -0.3 is 18.9 Å². The summed E-state index contributed by atoms with van der Waals surface area (Å²) in [5, 5.41) is 5.41. The second-order valence-electron chi connectivity index (χ2n) is 11.2. The Labute approximate surface area is 273 Å². The highest BCUT2D eigenvalue weighted by Gasteiger charge is 2.20. The van der Waals surface area contributed by atoms with Crippen LogP contribution in [0.1, 0.15) is 98.9 Å². The van der Waals surface area contributed by atoms with Crippen molar-refractivity contribution in [1.82, 2.24) is 4.57 Å². The van der Waals surface area contributed by atoms with Crippen LogP contribution in [-0.2, 0) is 30.5 Å². The standard InChI is InChI=1S/C37H40N2O8/c1-5-7-8-9-11-32(38-47-25(4)41)37(44)28-16-20-34-31(23-28)30-22-27(36(43)26-13-17-29(18-14-26)46-24(3)40)15-19-33(30)39(34)21-10-12-35(42)45-6-2/h13-20,22-23H,5-12,21H2,1-4H3/b38-32+. The summed E-state index contributed by atoms with van der Waals surface area (Å²) < 4.78 is 12.3. The highest BCUT2D eigenvalue weighted by molar-refractivity contribution is 6.46. The predicted molar refractivity (Wildman–Crippen MR) is 179 cm³/mol. The molecule has 1 aromatic heterocycles. The van der Waals surface area contributed by atoms with Crippen molar-refractivity contribution in [2.24, 2.45) is 5.16 Å². The molecule has 0 radical (unpaired) electrons. The summed E-state index contributed by atoms with van der Waals surface area (Å²) in [5.74, 6) is -1.55. The quantitative estimate of drug-likeness (QED) is 0.0236. The Morgan fingerprint density at radius 1 is 0.702 bits per heavy atom. The van der Waals surface area contributed by atoms with Gasteiger partial charge >= 0.3 is 17.9 Å². The number of Topliss-reactive ketones (excluding diaryl/α,β-unsaturated/α-hetero) is 1. The van der Waals surface area contributed by atoms with Gasteiger partial charge in [0.1, 0.15) is 11.5 Å². The topological polar surface area (TPSA) is 130 Å². The van der Waals surface area contributed by atoms with E-state index in [0.29, 0.717) is 48.4 Å². The summed E-state index contributed by atoms with van der Waals surface area (Å²) in [6.45, 7) is 7.23. The fraction of sp³-hybridized carbons (Fsp3) is 0.351. The van der Waals surface area contributed by atoms with Crippen LogP contribution >= 0.6 is 0 Å². The molecule has 4 aromatic rings. The monoisotopic (exact) mass is 640 g/mol. The highest BCUT2D eigenvalue weighted by Crippen LogP contribution is 2.32. The molecule has 0 amide bonds. The van der Waals surface area contributed by atoms with Crippen LogP contribution in [-0.4, -0.2) is 46.4 Å². The van der Waals surface area contributed by atoms with Gasteiger partial charge in [0.05, 0.1) is 6.61 Å². The van der Waals surface area contributed by atoms with Crippen molar-refractivity contribution in [3.63, 3.8) is 0 Å². The molecule has 10 heteroatoms. The average molecular weight is 641 g/mol. The summed E-state index contributed by atoms with van der Waals surface area (Å²) in [5.41, 5.74) is 3.07. The Hall–Kier alpha value is -5.12. The van der Waals surface area contributed by atoms with Crippen LogP contribution in [0.4, 0.5) is 0 Å². The maximum Gasteiger partial charge on any atom is 0.331 e. The third-order valence-electron chi connectivity index (χ3n) is 7.65. The maximum absolute atomic E-state index is 13.7. The van der Waals surface area contributed by atoms with Crippen molar-refractivity contribution in [3.05, 3.63) is 77.4 Å². The van der Waals surface area contributed by atoms with E-state index in [0.717, 1.165) is 47.5 Å². The second kappa shape index (κ2) is 16.4. The number of hydrogen-bond donors (Lipinski definition) is 0. The third kappa shape index (κ3) is 9.00. The first kappa shape index (κ1) is 34.7. The molecule has 47 heavy (non-hydrogen) atoms. The van der Waals surface area contributed by atoms with Crippen LogP contribution in [0.3, 0.4) is 0 Å². The SMILES string of the molecule is CCCCCC/C(=N\OC(C)=O)C(=O)c1ccc2c(c1)c1cc(C(=O)c3ccc(OC(C)=O)cc3)ccc1n2CCCC(=O)OCC. The number of unbranched alkanes of at least 4 members (excludes halogenated alkanes) is 3. The zero-order chi connectivity index (χ0) is 33.9. The van der Waals surface area contributed by atoms with Crippen LogP contribution in [0.15, 0.2) is 65.8 Å². The Morgan fingerprint density at radius 3 is 1.96 bits per heavy atom. The van der Waals surface area contributed by atoms with Gasteiger partial charge in [0.15, 0.2) is 5.78 Å². The van der Waals surface area contributed by atoms with Gasteiger partial charge in [-0.1, -0.05) is 31.3 Å². The van der Waals surface area contributed by atoms with Crippen molar-refractivity contribution in [1.29, 1.82) is 0 Å². The lowest BCUT2D eigenvalue weighted by atomic mass is 9.98. The number of carbonyl (C=O) groups is 5. The van der Waals surface area contributed by atoms with Crippen LogP contribution in [0.2, 0.25) is 0 Å². The summed E-state index contributed by atoms with van der Waals surface area (Å²) in [4.78, 5) is 67.0. The molecule has 0 N–H and O–H groups in total. The van der Waals surface area contributed by atoms with Crippen LogP contribution in [0.25, 0.3) is 21.8 Å². The maximum atomic E-state index is 13.7. The fourth-order valence-corrected chi connectivity index (χ4v) is 5.45. The molecule has 0 saturated heterocycles. The van der Waals surface area contributed by atoms with Gasteiger partial charge in [-0.2, -0.15) is 0 Å². The van der Waals surface area contributed by atoms with E-state index in [2.05, 4.69) is 16.6 Å². The van der Waals surface area contributed by atoms with E-state index in [1.54, 1.807) is 55.5 Å². The van der Waals surface area contributed by atoms with E-state index >= 15 is 0 Å². The van der Waals surface area contributed by atoms with Crippen molar-refractivity contribution < 1.29 is 38.3 Å². The lowest BCUT2D eigenvalue weighted by Crippen LogP contribution is -2.16. The summed E-state index contributed by atoms with van der Waals surface area (Å²) in [7, 11) is 0. The number of esters is 2. The summed E-state index contributed by atoms with van der Waals surface area (Å²) >= 11 is 0. The molecule has 0 saturated carbocycles. The molecule has 4 rings (SSSR count). The number of carbonyl (C=O) groups excluding carboxylic acids is 5. The largest absolute Gasteiger partial charge is 0.466 e. The van der Waals surface area contributed by atoms with E-state index in [9.17, 15) is 24.0 Å². The van der Waals surface area contributed by atoms with Gasteiger partial charge in [-0.25, -0.2) is 4.79 Å². The lowest BCUT2D eigenvalue weighted by Gasteiger charge is -2.09. The lowest BCUT2D eigenvalue weighted by molar-refractivity contribution is -0.143. The molecule has 10 nitrogen and oxygen atoms in total.